The Kier molecular flexibility index (Phi) is 2.73. The molecule has 1 fully saturated rings. The molecular formula is C15H21N3O2. The highest BCUT2D eigenvalue weighted by atomic mass is 16.3. The van der Waals surface area contributed by atoms with E-state index in [4.69, 9.17) is 0 Å². The Bertz CT molecular complexity index is 587. The molecule has 0 aromatic heterocycles. The van der Waals surface area contributed by atoms with E-state index in [1.807, 2.05) is 13.1 Å². The molecule has 0 radical (unpaired) electrons. The summed E-state index contributed by atoms with van der Waals surface area (Å²) in [5.41, 5.74) is 2.53. The average molecular weight is 275 g/mol. The number of nitrogens with zero attached hydrogens (tertiary/aromatic N) is 2. The summed E-state index contributed by atoms with van der Waals surface area (Å²) >= 11 is 0. The Morgan fingerprint density at radius 3 is 2.80 bits per heavy atom. The molecule has 1 aromatic carbocycles. The van der Waals surface area contributed by atoms with Crippen molar-refractivity contribution in [2.24, 2.45) is 0 Å². The van der Waals surface area contributed by atoms with Gasteiger partial charge in [0.25, 0.3) is 5.91 Å². The van der Waals surface area contributed by atoms with Gasteiger partial charge in [0.15, 0.2) is 0 Å². The minimum atomic E-state index is -0.157. The van der Waals surface area contributed by atoms with Crippen LogP contribution in [-0.4, -0.2) is 49.8 Å². The Hall–Kier alpha value is -1.75. The largest absolute Gasteiger partial charge is 0.508 e. The maximum atomic E-state index is 12.1. The number of hydrogen-bond acceptors (Lipinski definition) is 4. The molecule has 1 unspecified atom stereocenters. The van der Waals surface area contributed by atoms with Crippen LogP contribution in [0, 0.1) is 0 Å². The van der Waals surface area contributed by atoms with Crippen molar-refractivity contribution in [1.29, 1.82) is 0 Å². The number of likely N-dealkylation sites (N-methyl/N-ethyl adjacent to an activating group) is 2. The van der Waals surface area contributed by atoms with Crippen LogP contribution in [0.25, 0.3) is 0 Å². The van der Waals surface area contributed by atoms with Crippen molar-refractivity contribution < 1.29 is 9.90 Å². The van der Waals surface area contributed by atoms with Crippen molar-refractivity contribution in [1.82, 2.24) is 10.2 Å². The summed E-state index contributed by atoms with van der Waals surface area (Å²) in [6.45, 7) is 3.24. The standard InChI is InChI=1S/C15H21N3O2/c1-15-5-6-17(3)14(15)18(4)12-10(13(20)16-2)7-9(19)8-11(12)15/h7-8,14,19H,5-6H2,1-4H3,(H,16,20)/t14?,15-/m0/s1. The maximum absolute atomic E-state index is 12.1. The molecule has 0 saturated carbocycles. The Labute approximate surface area is 119 Å². The lowest BCUT2D eigenvalue weighted by molar-refractivity contribution is 0.0963. The minimum absolute atomic E-state index is 0.0413. The normalized spacial score (nSPS) is 28.4. The van der Waals surface area contributed by atoms with Crippen molar-refractivity contribution in [2.75, 3.05) is 32.6 Å². The number of fused-ring (bicyclic) bond motifs is 3. The van der Waals surface area contributed by atoms with Gasteiger partial charge in [0.2, 0.25) is 0 Å². The van der Waals surface area contributed by atoms with Gasteiger partial charge in [-0.2, -0.15) is 0 Å². The lowest BCUT2D eigenvalue weighted by Gasteiger charge is -2.32. The van der Waals surface area contributed by atoms with E-state index >= 15 is 0 Å². The van der Waals surface area contributed by atoms with Crippen LogP contribution in [0.5, 0.6) is 5.75 Å². The highest BCUT2D eigenvalue weighted by Crippen LogP contribution is 2.53. The number of nitrogens with one attached hydrogen (secondary N) is 1. The molecular weight excluding hydrogens is 254 g/mol. The van der Waals surface area contributed by atoms with Gasteiger partial charge in [0.1, 0.15) is 5.75 Å². The molecule has 2 atom stereocenters. The number of likely N-dealkylation sites (tertiary alicyclic amines) is 1. The summed E-state index contributed by atoms with van der Waals surface area (Å²) in [5.74, 6) is 0.00223. The first-order valence-electron chi connectivity index (χ1n) is 6.93. The highest BCUT2D eigenvalue weighted by Gasteiger charge is 2.53. The average Bonchev–Trinajstić information content (AvgIpc) is 2.83. The quantitative estimate of drug-likeness (QED) is 0.806. The van der Waals surface area contributed by atoms with Crippen LogP contribution >= 0.6 is 0 Å². The molecule has 0 bridgehead atoms. The molecule has 1 aromatic rings. The number of rotatable bonds is 1. The molecule has 5 nitrogen and oxygen atoms in total. The number of benzene rings is 1. The Morgan fingerprint density at radius 1 is 1.45 bits per heavy atom. The first-order chi connectivity index (χ1) is 9.40. The molecule has 2 N–H and O–H groups in total. The zero-order valence-corrected chi connectivity index (χ0v) is 12.4. The lowest BCUT2D eigenvalue weighted by atomic mass is 9.81. The van der Waals surface area contributed by atoms with Gasteiger partial charge >= 0.3 is 0 Å². The number of hydrogen-bond donors (Lipinski definition) is 2. The van der Waals surface area contributed by atoms with Crippen LogP contribution < -0.4 is 10.2 Å². The second-order valence-corrected chi connectivity index (χ2v) is 6.10. The molecule has 20 heavy (non-hydrogen) atoms. The van der Waals surface area contributed by atoms with E-state index in [1.165, 1.54) is 0 Å². The maximum Gasteiger partial charge on any atom is 0.253 e. The van der Waals surface area contributed by atoms with E-state index in [9.17, 15) is 9.90 Å². The van der Waals surface area contributed by atoms with Crippen LogP contribution in [0.1, 0.15) is 29.3 Å². The molecule has 0 aliphatic carbocycles. The third kappa shape index (κ3) is 1.50. The summed E-state index contributed by atoms with van der Waals surface area (Å²) in [4.78, 5) is 16.6. The van der Waals surface area contributed by atoms with Gasteiger partial charge < -0.3 is 15.3 Å². The van der Waals surface area contributed by atoms with Gasteiger partial charge in [-0.25, -0.2) is 0 Å². The molecule has 2 aliphatic heterocycles. The third-order valence-electron chi connectivity index (χ3n) is 4.87. The topological polar surface area (TPSA) is 55.8 Å². The number of phenolic OH excluding ortho intramolecular Hbond substituents is 1. The minimum Gasteiger partial charge on any atom is -0.508 e. The van der Waals surface area contributed by atoms with E-state index in [2.05, 4.69) is 29.1 Å². The number of carbonyl (C=O) groups excluding carboxylic acids is 1. The lowest BCUT2D eigenvalue weighted by Crippen LogP contribution is -2.45. The number of carbonyl (C=O) groups is 1. The molecule has 3 rings (SSSR count). The third-order valence-corrected chi connectivity index (χ3v) is 4.87. The van der Waals surface area contributed by atoms with Crippen LogP contribution in [0.3, 0.4) is 0 Å². The van der Waals surface area contributed by atoms with Crippen molar-refractivity contribution in [2.45, 2.75) is 24.9 Å². The molecule has 1 saturated heterocycles. The molecule has 2 aliphatic rings. The molecule has 0 spiro atoms. The summed E-state index contributed by atoms with van der Waals surface area (Å²) in [7, 11) is 5.75. The number of aromatic hydroxyl groups is 1. The number of anilines is 1. The van der Waals surface area contributed by atoms with Crippen LogP contribution in [0.4, 0.5) is 5.69 Å². The summed E-state index contributed by atoms with van der Waals surface area (Å²) < 4.78 is 0. The van der Waals surface area contributed by atoms with E-state index in [0.717, 1.165) is 24.2 Å². The van der Waals surface area contributed by atoms with Crippen LogP contribution in [-0.2, 0) is 5.41 Å². The zero-order valence-electron chi connectivity index (χ0n) is 12.4. The summed E-state index contributed by atoms with van der Waals surface area (Å²) in [5, 5.41) is 12.7. The van der Waals surface area contributed by atoms with E-state index in [0.29, 0.717) is 5.56 Å². The van der Waals surface area contributed by atoms with Crippen molar-refractivity contribution >= 4 is 11.6 Å². The fraction of sp³-hybridized carbons (Fsp3) is 0.533. The second kappa shape index (κ2) is 4.12. The summed E-state index contributed by atoms with van der Waals surface area (Å²) in [6.07, 6.45) is 1.27. The van der Waals surface area contributed by atoms with E-state index in [1.54, 1.807) is 13.1 Å². The van der Waals surface area contributed by atoms with Gasteiger partial charge in [-0.05, 0) is 31.2 Å². The number of amides is 1. The highest BCUT2D eigenvalue weighted by molar-refractivity contribution is 6.02. The molecule has 108 valence electrons. The molecule has 5 heteroatoms. The first kappa shape index (κ1) is 13.2. The fourth-order valence-corrected chi connectivity index (χ4v) is 4.01. The first-order valence-corrected chi connectivity index (χ1v) is 6.93. The number of phenols is 1. The van der Waals surface area contributed by atoms with Crippen molar-refractivity contribution in [3.63, 3.8) is 0 Å². The van der Waals surface area contributed by atoms with Gasteiger partial charge in [0, 0.05) is 26.1 Å². The van der Waals surface area contributed by atoms with Crippen LogP contribution in [0.15, 0.2) is 12.1 Å². The SMILES string of the molecule is CNC(=O)c1cc(O)cc2c1N(C)C1N(C)CC[C@@]21C. The van der Waals surface area contributed by atoms with E-state index in [-0.39, 0.29) is 23.2 Å². The van der Waals surface area contributed by atoms with Crippen LogP contribution in [0.2, 0.25) is 0 Å². The zero-order chi connectivity index (χ0) is 14.7. The van der Waals surface area contributed by atoms with Gasteiger partial charge in [0.05, 0.1) is 17.4 Å². The molecule has 2 heterocycles. The van der Waals surface area contributed by atoms with Gasteiger partial charge in [-0.3, -0.25) is 9.69 Å². The Balaban J connectivity index is 2.24. The van der Waals surface area contributed by atoms with E-state index < -0.39 is 0 Å². The Morgan fingerprint density at radius 2 is 2.15 bits per heavy atom. The second-order valence-electron chi connectivity index (χ2n) is 6.10. The predicted molar refractivity (Wildman–Crippen MR) is 78.3 cm³/mol. The fourth-order valence-electron chi connectivity index (χ4n) is 4.01. The van der Waals surface area contributed by atoms with Gasteiger partial charge in [-0.1, -0.05) is 6.92 Å². The summed E-state index contributed by atoms with van der Waals surface area (Å²) in [6, 6.07) is 3.37. The predicted octanol–water partition coefficient (Wildman–Crippen LogP) is 1.12. The monoisotopic (exact) mass is 275 g/mol. The van der Waals surface area contributed by atoms with Crippen molar-refractivity contribution in [3.05, 3.63) is 23.3 Å². The van der Waals surface area contributed by atoms with Crippen molar-refractivity contribution in [3.8, 4) is 5.75 Å². The molecule has 1 amide bonds. The smallest absolute Gasteiger partial charge is 0.253 e. The van der Waals surface area contributed by atoms with Gasteiger partial charge in [-0.15, -0.1) is 0 Å².